The summed E-state index contributed by atoms with van der Waals surface area (Å²) in [4.78, 5) is 12.7. The van der Waals surface area contributed by atoms with Gasteiger partial charge in [0.05, 0.1) is 13.2 Å². The van der Waals surface area contributed by atoms with E-state index in [0.717, 1.165) is 0 Å². The van der Waals surface area contributed by atoms with Crippen molar-refractivity contribution in [1.29, 1.82) is 0 Å². The van der Waals surface area contributed by atoms with Crippen LogP contribution in [0.4, 0.5) is 4.79 Å². The number of ether oxygens (including phenoxy) is 1. The third kappa shape index (κ3) is 15.2. The van der Waals surface area contributed by atoms with Crippen LogP contribution in [0, 0.1) is 0 Å². The molecule has 0 aliphatic heterocycles. The van der Waals surface area contributed by atoms with Crippen LogP contribution in [-0.4, -0.2) is 53.1 Å². The second-order valence-corrected chi connectivity index (χ2v) is 3.91. The minimum atomic E-state index is -0.555. The quantitative estimate of drug-likeness (QED) is 0.818. The fourth-order valence-electron chi connectivity index (χ4n) is 0.862. The monoisotopic (exact) mass is 265 g/mol. The molecule has 0 aromatic rings. The Hall–Kier alpha value is -0.810. The average molecular weight is 265 g/mol. The maximum Gasteiger partial charge on any atom is 0.410 e. The molecule has 0 saturated carbocycles. The maximum atomic E-state index is 11.4. The van der Waals surface area contributed by atoms with E-state index in [2.05, 4.69) is 0 Å². The van der Waals surface area contributed by atoms with Crippen LogP contribution in [0.1, 0.15) is 48.5 Å². The molecule has 18 heavy (non-hydrogen) atoms. The summed E-state index contributed by atoms with van der Waals surface area (Å²) in [5.74, 6) is 0. The van der Waals surface area contributed by atoms with Gasteiger partial charge in [0.25, 0.3) is 0 Å². The molecule has 0 unspecified atom stereocenters. The van der Waals surface area contributed by atoms with E-state index in [1.165, 1.54) is 4.90 Å². The summed E-state index contributed by atoms with van der Waals surface area (Å²) >= 11 is 0. The molecule has 0 aliphatic rings. The molecule has 0 rings (SSSR count). The van der Waals surface area contributed by atoms with Crippen molar-refractivity contribution in [1.82, 2.24) is 4.90 Å². The van der Waals surface area contributed by atoms with Gasteiger partial charge in [-0.3, -0.25) is 0 Å². The van der Waals surface area contributed by atoms with E-state index >= 15 is 0 Å². The van der Waals surface area contributed by atoms with Gasteiger partial charge in [0.15, 0.2) is 0 Å². The molecule has 0 heterocycles. The first-order valence-corrected chi connectivity index (χ1v) is 6.60. The Bertz CT molecular complexity index is 172. The van der Waals surface area contributed by atoms with Crippen LogP contribution in [0.25, 0.3) is 0 Å². The van der Waals surface area contributed by atoms with Crippen molar-refractivity contribution in [3.05, 3.63) is 0 Å². The van der Waals surface area contributed by atoms with Crippen LogP contribution in [0.2, 0.25) is 0 Å². The van der Waals surface area contributed by atoms with Gasteiger partial charge in [0.1, 0.15) is 5.60 Å². The molecular weight excluding hydrogens is 234 g/mol. The summed E-state index contributed by atoms with van der Waals surface area (Å²) in [6.07, 6.45) is -0.513. The first-order valence-electron chi connectivity index (χ1n) is 6.60. The first-order chi connectivity index (χ1) is 8.40. The molecule has 0 aliphatic carbocycles. The first kappa shape index (κ1) is 22.4. The molecule has 0 aromatic heterocycles. The van der Waals surface area contributed by atoms with Crippen LogP contribution in [0.3, 0.4) is 0 Å². The molecule has 0 saturated heterocycles. The van der Waals surface area contributed by atoms with Gasteiger partial charge in [0.2, 0.25) is 0 Å². The van der Waals surface area contributed by atoms with Crippen molar-refractivity contribution >= 4 is 6.09 Å². The number of hydrogen-bond acceptors (Lipinski definition) is 4. The number of rotatable bonds is 4. The predicted molar refractivity (Wildman–Crippen MR) is 74.7 cm³/mol. The molecule has 0 atom stereocenters. The third-order valence-electron chi connectivity index (χ3n) is 1.39. The summed E-state index contributed by atoms with van der Waals surface area (Å²) in [6.45, 7) is 13.4. The number of nitrogens with zero attached hydrogens (tertiary/aromatic N) is 1. The smallest absolute Gasteiger partial charge is 0.410 e. The van der Waals surface area contributed by atoms with Crippen molar-refractivity contribution in [2.75, 3.05) is 26.3 Å². The van der Waals surface area contributed by atoms with Gasteiger partial charge in [-0.1, -0.05) is 27.7 Å². The van der Waals surface area contributed by atoms with Crippen LogP contribution >= 0.6 is 0 Å². The number of amides is 1. The summed E-state index contributed by atoms with van der Waals surface area (Å²) < 4.78 is 5.07. The lowest BCUT2D eigenvalue weighted by molar-refractivity contribution is 0.0187. The molecule has 5 heteroatoms. The SMILES string of the molecule is CC.CC.CC(C)(C)OC(=O)N(CCO)CCO. The number of carbonyl (C=O) groups is 1. The Morgan fingerprint density at radius 2 is 1.33 bits per heavy atom. The van der Waals surface area contributed by atoms with E-state index in [-0.39, 0.29) is 26.3 Å². The van der Waals surface area contributed by atoms with Crippen molar-refractivity contribution in [2.24, 2.45) is 0 Å². The highest BCUT2D eigenvalue weighted by Gasteiger charge is 2.21. The zero-order valence-electron chi connectivity index (χ0n) is 13.0. The second kappa shape index (κ2) is 14.3. The molecule has 0 spiro atoms. The molecule has 0 bridgehead atoms. The van der Waals surface area contributed by atoms with Crippen LogP contribution in [0.5, 0.6) is 0 Å². The van der Waals surface area contributed by atoms with E-state index in [1.54, 1.807) is 20.8 Å². The summed E-state index contributed by atoms with van der Waals surface area (Å²) in [5, 5.41) is 17.4. The predicted octanol–water partition coefficient (Wildman–Crippen LogP) is 2.26. The Balaban J connectivity index is -0.000000506. The fourth-order valence-corrected chi connectivity index (χ4v) is 0.862. The number of carbonyl (C=O) groups excluding carboxylic acids is 1. The van der Waals surface area contributed by atoms with Gasteiger partial charge in [-0.2, -0.15) is 0 Å². The van der Waals surface area contributed by atoms with E-state index in [1.807, 2.05) is 27.7 Å². The number of hydrogen-bond donors (Lipinski definition) is 2. The summed E-state index contributed by atoms with van der Waals surface area (Å²) in [5.41, 5.74) is -0.555. The zero-order valence-corrected chi connectivity index (χ0v) is 13.0. The molecule has 112 valence electrons. The Labute approximate surface area is 112 Å². The van der Waals surface area contributed by atoms with Crippen LogP contribution in [0.15, 0.2) is 0 Å². The lowest BCUT2D eigenvalue weighted by Crippen LogP contribution is -2.39. The molecular formula is C13H31NO4. The normalized spacial score (nSPS) is 9.39. The lowest BCUT2D eigenvalue weighted by Gasteiger charge is -2.26. The van der Waals surface area contributed by atoms with E-state index in [4.69, 9.17) is 14.9 Å². The molecule has 5 nitrogen and oxygen atoms in total. The largest absolute Gasteiger partial charge is 0.444 e. The Kier molecular flexibility index (Phi) is 17.7. The standard InChI is InChI=1S/C9H19NO4.2C2H6/c1-9(2,3)14-8(13)10(4-6-11)5-7-12;2*1-2/h11-12H,4-7H2,1-3H3;2*1-2H3. The highest BCUT2D eigenvalue weighted by molar-refractivity contribution is 5.68. The highest BCUT2D eigenvalue weighted by atomic mass is 16.6. The topological polar surface area (TPSA) is 70.0 Å². The fraction of sp³-hybridized carbons (Fsp3) is 0.923. The molecule has 1 amide bonds. The number of aliphatic hydroxyl groups excluding tert-OH is 2. The van der Waals surface area contributed by atoms with Crippen LogP contribution < -0.4 is 0 Å². The molecule has 2 N–H and O–H groups in total. The van der Waals surface area contributed by atoms with Gasteiger partial charge >= 0.3 is 6.09 Å². The lowest BCUT2D eigenvalue weighted by atomic mass is 10.2. The molecule has 0 aromatic carbocycles. The maximum absolute atomic E-state index is 11.4. The summed E-state index contributed by atoms with van der Waals surface area (Å²) in [6, 6.07) is 0. The number of aliphatic hydroxyl groups is 2. The average Bonchev–Trinajstić information content (AvgIpc) is 2.32. The van der Waals surface area contributed by atoms with Crippen molar-refractivity contribution < 1.29 is 19.7 Å². The Morgan fingerprint density at radius 1 is 1.00 bits per heavy atom. The van der Waals surface area contributed by atoms with Crippen molar-refractivity contribution in [3.63, 3.8) is 0 Å². The highest BCUT2D eigenvalue weighted by Crippen LogP contribution is 2.09. The van der Waals surface area contributed by atoms with Gasteiger partial charge in [-0.05, 0) is 20.8 Å². The van der Waals surface area contributed by atoms with Crippen molar-refractivity contribution in [3.8, 4) is 0 Å². The second-order valence-electron chi connectivity index (χ2n) is 3.91. The minimum Gasteiger partial charge on any atom is -0.444 e. The van der Waals surface area contributed by atoms with Gasteiger partial charge in [0, 0.05) is 13.1 Å². The Morgan fingerprint density at radius 3 is 1.56 bits per heavy atom. The van der Waals surface area contributed by atoms with Gasteiger partial charge < -0.3 is 19.8 Å². The molecule has 0 radical (unpaired) electrons. The van der Waals surface area contributed by atoms with Crippen molar-refractivity contribution in [2.45, 2.75) is 54.1 Å². The third-order valence-corrected chi connectivity index (χ3v) is 1.39. The minimum absolute atomic E-state index is 0.140. The van der Waals surface area contributed by atoms with Gasteiger partial charge in [-0.15, -0.1) is 0 Å². The zero-order chi connectivity index (χ0) is 15.2. The summed E-state index contributed by atoms with van der Waals surface area (Å²) in [7, 11) is 0. The van der Waals surface area contributed by atoms with E-state index < -0.39 is 11.7 Å². The van der Waals surface area contributed by atoms with Gasteiger partial charge in [-0.25, -0.2) is 4.79 Å². The van der Waals surface area contributed by atoms with Crippen LogP contribution in [-0.2, 0) is 4.74 Å². The molecule has 0 fully saturated rings. The van der Waals surface area contributed by atoms with E-state index in [9.17, 15) is 4.79 Å². The van der Waals surface area contributed by atoms with E-state index in [0.29, 0.717) is 0 Å².